The molecule has 3 aliphatic rings. The van der Waals surface area contributed by atoms with Gasteiger partial charge in [0.25, 0.3) is 0 Å². The van der Waals surface area contributed by atoms with Gasteiger partial charge in [0.05, 0.1) is 11.4 Å². The molecule has 3 heterocycles. The molecule has 25 heavy (non-hydrogen) atoms. The van der Waals surface area contributed by atoms with Gasteiger partial charge in [-0.15, -0.1) is 0 Å². The summed E-state index contributed by atoms with van der Waals surface area (Å²) in [5.74, 6) is 1.11. The van der Waals surface area contributed by atoms with E-state index in [0.29, 0.717) is 0 Å². The number of benzene rings is 2. The van der Waals surface area contributed by atoms with Crippen LogP contribution in [0.25, 0.3) is 0 Å². The molecule has 0 N–H and O–H groups in total. The fraction of sp³-hybridized carbons (Fsp3) is 0.429. The van der Waals surface area contributed by atoms with Crippen LogP contribution in [-0.4, -0.2) is 38.6 Å². The van der Waals surface area contributed by atoms with E-state index in [4.69, 9.17) is 0 Å². The highest BCUT2D eigenvalue weighted by atomic mass is 15.1. The summed E-state index contributed by atoms with van der Waals surface area (Å²) in [7, 11) is 4.03. The van der Waals surface area contributed by atoms with Crippen LogP contribution < -0.4 is 4.90 Å². The number of hydrogen-bond acceptors (Lipinski definition) is 4. The second kappa shape index (κ2) is 8.77. The maximum Gasteiger partial charge on any atom is 0.0858 e. The van der Waals surface area contributed by atoms with Gasteiger partial charge in [-0.2, -0.15) is 10.2 Å². The molecule has 5 rings (SSSR count). The Morgan fingerprint density at radius 2 is 1.28 bits per heavy atom. The molecule has 3 aliphatic heterocycles. The molecule has 0 aromatic heterocycles. The summed E-state index contributed by atoms with van der Waals surface area (Å²) < 4.78 is 0. The second-order valence-corrected chi connectivity index (χ2v) is 7.02. The zero-order valence-corrected chi connectivity index (χ0v) is 15.3. The van der Waals surface area contributed by atoms with Crippen LogP contribution in [0.4, 0.5) is 17.1 Å². The Bertz CT molecular complexity index is 633. The third-order valence-electron chi connectivity index (χ3n) is 4.96. The summed E-state index contributed by atoms with van der Waals surface area (Å²) in [6.07, 6.45) is 4.46. The van der Waals surface area contributed by atoms with Crippen LogP contribution in [0.15, 0.2) is 64.8 Å². The number of fused-ring (bicyclic) bond motifs is 3. The van der Waals surface area contributed by atoms with E-state index >= 15 is 0 Å². The van der Waals surface area contributed by atoms with Gasteiger partial charge in [-0.1, -0.05) is 18.2 Å². The summed E-state index contributed by atoms with van der Waals surface area (Å²) >= 11 is 0. The first-order chi connectivity index (χ1) is 12.2. The molecule has 3 fully saturated rings. The molecule has 2 aromatic carbocycles. The molecule has 0 atom stereocenters. The molecule has 0 radical (unpaired) electrons. The molecule has 0 amide bonds. The van der Waals surface area contributed by atoms with Crippen molar-refractivity contribution in [3.05, 3.63) is 54.6 Å². The van der Waals surface area contributed by atoms with Crippen LogP contribution in [0, 0.1) is 5.92 Å². The predicted molar refractivity (Wildman–Crippen MR) is 105 cm³/mol. The average molecular weight is 336 g/mol. The van der Waals surface area contributed by atoms with Gasteiger partial charge in [-0.05, 0) is 81.2 Å². The monoisotopic (exact) mass is 336 g/mol. The van der Waals surface area contributed by atoms with Gasteiger partial charge in [-0.3, -0.25) is 0 Å². The largest absolute Gasteiger partial charge is 0.378 e. The Labute approximate surface area is 151 Å². The van der Waals surface area contributed by atoms with E-state index < -0.39 is 0 Å². The number of anilines is 1. The van der Waals surface area contributed by atoms with Gasteiger partial charge in [-0.25, -0.2) is 0 Å². The topological polar surface area (TPSA) is 31.2 Å². The molecular formula is C21H28N4. The van der Waals surface area contributed by atoms with Gasteiger partial charge < -0.3 is 9.80 Å². The molecule has 0 spiro atoms. The molecule has 0 aliphatic carbocycles. The molecular weight excluding hydrogens is 308 g/mol. The average Bonchev–Trinajstić information content (AvgIpc) is 2.69. The lowest BCUT2D eigenvalue weighted by molar-refractivity contribution is 0.111. The molecule has 0 saturated carbocycles. The van der Waals surface area contributed by atoms with Gasteiger partial charge in [0.15, 0.2) is 0 Å². The number of piperidine rings is 3. The molecule has 4 nitrogen and oxygen atoms in total. The van der Waals surface area contributed by atoms with Crippen molar-refractivity contribution in [3.8, 4) is 0 Å². The Morgan fingerprint density at radius 3 is 1.68 bits per heavy atom. The van der Waals surface area contributed by atoms with Crippen molar-refractivity contribution in [2.45, 2.75) is 19.3 Å². The van der Waals surface area contributed by atoms with E-state index in [1.165, 1.54) is 38.9 Å². The summed E-state index contributed by atoms with van der Waals surface area (Å²) in [5, 5.41) is 8.35. The van der Waals surface area contributed by atoms with E-state index in [9.17, 15) is 0 Å². The highest BCUT2D eigenvalue weighted by molar-refractivity contribution is 5.51. The van der Waals surface area contributed by atoms with Crippen LogP contribution in [0.5, 0.6) is 0 Å². The van der Waals surface area contributed by atoms with Crippen molar-refractivity contribution in [1.29, 1.82) is 0 Å². The van der Waals surface area contributed by atoms with Crippen molar-refractivity contribution in [3.63, 3.8) is 0 Å². The lowest BCUT2D eigenvalue weighted by Crippen LogP contribution is -2.41. The van der Waals surface area contributed by atoms with Crippen LogP contribution in [-0.2, 0) is 0 Å². The van der Waals surface area contributed by atoms with Gasteiger partial charge in [0.1, 0.15) is 0 Å². The van der Waals surface area contributed by atoms with Crippen molar-refractivity contribution in [1.82, 2.24) is 4.90 Å². The van der Waals surface area contributed by atoms with E-state index in [2.05, 4.69) is 20.0 Å². The number of hydrogen-bond donors (Lipinski definition) is 0. The fourth-order valence-electron chi connectivity index (χ4n) is 3.29. The van der Waals surface area contributed by atoms with Gasteiger partial charge in [0.2, 0.25) is 0 Å². The fourth-order valence-corrected chi connectivity index (χ4v) is 3.29. The third-order valence-corrected chi connectivity index (χ3v) is 4.96. The predicted octanol–water partition coefficient (Wildman–Crippen LogP) is 5.27. The zero-order chi connectivity index (χ0) is 17.5. The zero-order valence-electron chi connectivity index (χ0n) is 15.3. The molecule has 2 bridgehead atoms. The quantitative estimate of drug-likeness (QED) is 0.715. The first-order valence-electron chi connectivity index (χ1n) is 9.17. The Hall–Kier alpha value is -2.20. The smallest absolute Gasteiger partial charge is 0.0858 e. The van der Waals surface area contributed by atoms with Crippen LogP contribution in [0.2, 0.25) is 0 Å². The maximum absolute atomic E-state index is 4.18. The highest BCUT2D eigenvalue weighted by Crippen LogP contribution is 2.26. The lowest BCUT2D eigenvalue weighted by Gasteiger charge is -2.38. The van der Waals surface area contributed by atoms with Crippen molar-refractivity contribution < 1.29 is 0 Å². The Morgan fingerprint density at radius 1 is 0.760 bits per heavy atom. The van der Waals surface area contributed by atoms with Crippen LogP contribution in [0.1, 0.15) is 19.3 Å². The molecule has 0 unspecified atom stereocenters. The summed E-state index contributed by atoms with van der Waals surface area (Å²) in [6.45, 7) is 4.18. The molecule has 3 saturated heterocycles. The third kappa shape index (κ3) is 5.40. The summed E-state index contributed by atoms with van der Waals surface area (Å²) in [5.41, 5.74) is 2.88. The Balaban J connectivity index is 0.000000188. The first-order valence-corrected chi connectivity index (χ1v) is 9.17. The lowest BCUT2D eigenvalue weighted by atomic mass is 9.89. The SMILES string of the molecule is C1CN2CCC1CC2.CN(C)c1ccc(N=Nc2ccccc2)cc1. The first kappa shape index (κ1) is 17.6. The molecule has 132 valence electrons. The van der Waals surface area contributed by atoms with E-state index in [0.717, 1.165) is 23.0 Å². The van der Waals surface area contributed by atoms with Crippen molar-refractivity contribution in [2.75, 3.05) is 38.6 Å². The maximum atomic E-state index is 4.18. The standard InChI is InChI=1S/C14H15N3.C7H13N/c1-17(2)14-10-8-13(9-11-14)16-15-12-6-4-3-5-7-12;1-4-8-5-2-7(1)3-6-8/h3-11H,1-2H3;7H,1-6H2. The normalized spacial score (nSPS) is 21.7. The van der Waals surface area contributed by atoms with Gasteiger partial charge >= 0.3 is 0 Å². The van der Waals surface area contributed by atoms with Crippen molar-refractivity contribution >= 4 is 17.1 Å². The van der Waals surface area contributed by atoms with Crippen molar-refractivity contribution in [2.24, 2.45) is 16.1 Å². The minimum absolute atomic E-state index is 0.861. The molecule has 4 heteroatoms. The van der Waals surface area contributed by atoms with E-state index in [-0.39, 0.29) is 0 Å². The number of nitrogens with zero attached hydrogens (tertiary/aromatic N) is 4. The summed E-state index contributed by atoms with van der Waals surface area (Å²) in [6, 6.07) is 17.7. The Kier molecular flexibility index (Phi) is 6.18. The molecule has 2 aromatic rings. The van der Waals surface area contributed by atoms with E-state index in [1.807, 2.05) is 68.7 Å². The summed E-state index contributed by atoms with van der Waals surface area (Å²) in [4.78, 5) is 4.64. The van der Waals surface area contributed by atoms with Crippen LogP contribution >= 0.6 is 0 Å². The number of azo groups is 1. The van der Waals surface area contributed by atoms with Gasteiger partial charge in [0, 0.05) is 19.8 Å². The number of rotatable bonds is 3. The minimum Gasteiger partial charge on any atom is -0.378 e. The van der Waals surface area contributed by atoms with E-state index in [1.54, 1.807) is 0 Å². The van der Waals surface area contributed by atoms with Crippen LogP contribution in [0.3, 0.4) is 0 Å². The highest BCUT2D eigenvalue weighted by Gasteiger charge is 2.24. The second-order valence-electron chi connectivity index (χ2n) is 7.02. The minimum atomic E-state index is 0.861.